The van der Waals surface area contributed by atoms with E-state index in [2.05, 4.69) is 15.6 Å². The number of hydrogen-bond acceptors (Lipinski definition) is 5. The van der Waals surface area contributed by atoms with E-state index >= 15 is 0 Å². The standard InChI is InChI=1S/C18H18N2O5/c1-24-18(23)11-16(21)19-20-17(22)12-25-15-9-7-14(8-10-15)13-5-3-2-4-6-13/h2-10H,11-12H2,1H3,(H,19,21)(H,20,22). The zero-order valence-electron chi connectivity index (χ0n) is 13.7. The third-order valence-electron chi connectivity index (χ3n) is 3.21. The fourth-order valence-corrected chi connectivity index (χ4v) is 1.95. The Morgan fingerprint density at radius 1 is 0.840 bits per heavy atom. The third-order valence-corrected chi connectivity index (χ3v) is 3.21. The number of hydrogen-bond donors (Lipinski definition) is 2. The van der Waals surface area contributed by atoms with Gasteiger partial charge < -0.3 is 9.47 Å². The second kappa shape index (κ2) is 9.07. The first-order chi connectivity index (χ1) is 12.1. The molecular weight excluding hydrogens is 324 g/mol. The summed E-state index contributed by atoms with van der Waals surface area (Å²) in [4.78, 5) is 33.8. The molecule has 0 radical (unpaired) electrons. The molecule has 0 aliphatic carbocycles. The van der Waals surface area contributed by atoms with Crippen LogP contribution in [-0.4, -0.2) is 31.5 Å². The van der Waals surface area contributed by atoms with Crippen LogP contribution < -0.4 is 15.6 Å². The number of benzene rings is 2. The van der Waals surface area contributed by atoms with Crippen molar-refractivity contribution in [2.75, 3.05) is 13.7 Å². The Kier molecular flexibility index (Phi) is 6.53. The molecule has 0 aromatic heterocycles. The van der Waals surface area contributed by atoms with Gasteiger partial charge in [-0.1, -0.05) is 42.5 Å². The van der Waals surface area contributed by atoms with Crippen molar-refractivity contribution in [2.24, 2.45) is 0 Å². The number of rotatable bonds is 6. The molecule has 0 unspecified atom stereocenters. The minimum atomic E-state index is -0.693. The summed E-state index contributed by atoms with van der Waals surface area (Å²) in [5.41, 5.74) is 6.36. The first kappa shape index (κ1) is 18.0. The molecule has 2 aromatic carbocycles. The van der Waals surface area contributed by atoms with Crippen LogP contribution in [0.2, 0.25) is 0 Å². The van der Waals surface area contributed by atoms with Gasteiger partial charge in [0.25, 0.3) is 5.91 Å². The van der Waals surface area contributed by atoms with Crippen LogP contribution in [0, 0.1) is 0 Å². The molecule has 2 aromatic rings. The van der Waals surface area contributed by atoms with E-state index in [1.54, 1.807) is 12.1 Å². The quantitative estimate of drug-likeness (QED) is 0.471. The number of hydrazine groups is 1. The van der Waals surface area contributed by atoms with Gasteiger partial charge in [-0.05, 0) is 23.3 Å². The minimum absolute atomic E-state index is 0.275. The van der Waals surface area contributed by atoms with Gasteiger partial charge in [0.05, 0.1) is 7.11 Å². The molecule has 7 heteroatoms. The smallest absolute Gasteiger partial charge is 0.315 e. The maximum atomic E-state index is 11.6. The summed E-state index contributed by atoms with van der Waals surface area (Å²) in [5, 5.41) is 0. The molecule has 0 atom stereocenters. The van der Waals surface area contributed by atoms with Crippen LogP contribution in [0.1, 0.15) is 6.42 Å². The largest absolute Gasteiger partial charge is 0.484 e. The molecule has 0 spiro atoms. The molecule has 0 bridgehead atoms. The van der Waals surface area contributed by atoms with Gasteiger partial charge in [-0.15, -0.1) is 0 Å². The predicted molar refractivity (Wildman–Crippen MR) is 90.3 cm³/mol. The first-order valence-corrected chi connectivity index (χ1v) is 7.51. The molecule has 2 amide bonds. The maximum Gasteiger partial charge on any atom is 0.315 e. The van der Waals surface area contributed by atoms with Crippen molar-refractivity contribution >= 4 is 17.8 Å². The fraction of sp³-hybridized carbons (Fsp3) is 0.167. The zero-order chi connectivity index (χ0) is 18.1. The summed E-state index contributed by atoms with van der Waals surface area (Å²) in [6, 6.07) is 17.2. The molecule has 25 heavy (non-hydrogen) atoms. The number of nitrogens with one attached hydrogen (secondary N) is 2. The van der Waals surface area contributed by atoms with E-state index in [4.69, 9.17) is 4.74 Å². The van der Waals surface area contributed by atoms with E-state index in [-0.39, 0.29) is 6.61 Å². The molecular formula is C18H18N2O5. The average molecular weight is 342 g/mol. The summed E-state index contributed by atoms with van der Waals surface area (Å²) < 4.78 is 9.68. The number of methoxy groups -OCH3 is 1. The Bertz CT molecular complexity index is 729. The Hall–Kier alpha value is -3.35. The lowest BCUT2D eigenvalue weighted by molar-refractivity contribution is -0.144. The summed E-state index contributed by atoms with van der Waals surface area (Å²) in [5.74, 6) is -1.39. The predicted octanol–water partition coefficient (Wildman–Crippen LogP) is 1.44. The number of carbonyl (C=O) groups is 3. The Balaban J connectivity index is 1.76. The van der Waals surface area contributed by atoms with Crippen molar-refractivity contribution in [3.8, 4) is 16.9 Å². The van der Waals surface area contributed by atoms with E-state index in [0.717, 1.165) is 11.1 Å². The number of carbonyl (C=O) groups excluding carboxylic acids is 3. The Morgan fingerprint density at radius 3 is 2.08 bits per heavy atom. The van der Waals surface area contributed by atoms with Gasteiger partial charge in [0.2, 0.25) is 5.91 Å². The molecule has 0 aliphatic rings. The van der Waals surface area contributed by atoms with Crippen LogP contribution in [0.25, 0.3) is 11.1 Å². The van der Waals surface area contributed by atoms with Gasteiger partial charge in [-0.3, -0.25) is 25.2 Å². The zero-order valence-corrected chi connectivity index (χ0v) is 13.7. The van der Waals surface area contributed by atoms with Crippen molar-refractivity contribution in [3.63, 3.8) is 0 Å². The highest BCUT2D eigenvalue weighted by Gasteiger charge is 2.10. The normalized spacial score (nSPS) is 9.80. The van der Waals surface area contributed by atoms with Crippen LogP contribution in [-0.2, 0) is 19.1 Å². The van der Waals surface area contributed by atoms with Crippen molar-refractivity contribution in [3.05, 3.63) is 54.6 Å². The molecule has 130 valence electrons. The number of ether oxygens (including phenoxy) is 2. The highest BCUT2D eigenvalue weighted by molar-refractivity contribution is 5.95. The molecule has 0 saturated heterocycles. The molecule has 0 fully saturated rings. The van der Waals surface area contributed by atoms with E-state index in [1.165, 1.54) is 7.11 Å². The van der Waals surface area contributed by atoms with Crippen molar-refractivity contribution in [1.82, 2.24) is 10.9 Å². The van der Waals surface area contributed by atoms with Crippen molar-refractivity contribution < 1.29 is 23.9 Å². The second-order valence-electron chi connectivity index (χ2n) is 5.03. The topological polar surface area (TPSA) is 93.7 Å². The Labute approximate surface area is 144 Å². The second-order valence-corrected chi connectivity index (χ2v) is 5.03. The van der Waals surface area contributed by atoms with Crippen LogP contribution in [0.3, 0.4) is 0 Å². The van der Waals surface area contributed by atoms with Crippen molar-refractivity contribution in [1.29, 1.82) is 0 Å². The molecule has 0 aliphatic heterocycles. The minimum Gasteiger partial charge on any atom is -0.484 e. The lowest BCUT2D eigenvalue weighted by Gasteiger charge is -2.09. The molecule has 7 nitrogen and oxygen atoms in total. The highest BCUT2D eigenvalue weighted by atomic mass is 16.5. The van der Waals surface area contributed by atoms with Gasteiger partial charge in [-0.2, -0.15) is 0 Å². The monoisotopic (exact) mass is 342 g/mol. The average Bonchev–Trinajstić information content (AvgIpc) is 2.65. The van der Waals surface area contributed by atoms with Gasteiger partial charge in [-0.25, -0.2) is 0 Å². The van der Waals surface area contributed by atoms with E-state index in [0.29, 0.717) is 5.75 Å². The van der Waals surface area contributed by atoms with Crippen LogP contribution in [0.5, 0.6) is 5.75 Å². The number of esters is 1. The number of amides is 2. The van der Waals surface area contributed by atoms with Gasteiger partial charge in [0.15, 0.2) is 6.61 Å². The molecule has 2 rings (SSSR count). The fourth-order valence-electron chi connectivity index (χ4n) is 1.95. The van der Waals surface area contributed by atoms with Crippen molar-refractivity contribution in [2.45, 2.75) is 6.42 Å². The van der Waals surface area contributed by atoms with Gasteiger partial charge >= 0.3 is 5.97 Å². The summed E-state index contributed by atoms with van der Waals surface area (Å²) in [6.45, 7) is -0.275. The summed E-state index contributed by atoms with van der Waals surface area (Å²) in [7, 11) is 1.17. The maximum absolute atomic E-state index is 11.6. The highest BCUT2D eigenvalue weighted by Crippen LogP contribution is 2.21. The van der Waals surface area contributed by atoms with Gasteiger partial charge in [0.1, 0.15) is 12.2 Å². The van der Waals surface area contributed by atoms with E-state index in [1.807, 2.05) is 42.5 Å². The molecule has 0 saturated carbocycles. The summed E-state index contributed by atoms with van der Waals surface area (Å²) in [6.07, 6.45) is -0.474. The lowest BCUT2D eigenvalue weighted by Crippen LogP contribution is -2.44. The molecule has 2 N–H and O–H groups in total. The summed E-state index contributed by atoms with van der Waals surface area (Å²) >= 11 is 0. The van der Waals surface area contributed by atoms with Gasteiger partial charge in [0, 0.05) is 0 Å². The molecule has 0 heterocycles. The van der Waals surface area contributed by atoms with Crippen LogP contribution >= 0.6 is 0 Å². The SMILES string of the molecule is COC(=O)CC(=O)NNC(=O)COc1ccc(-c2ccccc2)cc1. The lowest BCUT2D eigenvalue weighted by atomic mass is 10.1. The van der Waals surface area contributed by atoms with Crippen LogP contribution in [0.4, 0.5) is 0 Å². The van der Waals surface area contributed by atoms with Crippen LogP contribution in [0.15, 0.2) is 54.6 Å². The Morgan fingerprint density at radius 2 is 1.44 bits per heavy atom. The van der Waals surface area contributed by atoms with E-state index < -0.39 is 24.2 Å². The van der Waals surface area contributed by atoms with E-state index in [9.17, 15) is 14.4 Å². The first-order valence-electron chi connectivity index (χ1n) is 7.51. The third kappa shape index (κ3) is 5.98.